The summed E-state index contributed by atoms with van der Waals surface area (Å²) in [6, 6.07) is 4.32. The van der Waals surface area contributed by atoms with Gasteiger partial charge in [-0.1, -0.05) is 37.9 Å². The topological polar surface area (TPSA) is 17.1 Å². The van der Waals surface area contributed by atoms with Gasteiger partial charge < -0.3 is 0 Å². The maximum atomic E-state index is 12.6. The average Bonchev–Trinajstić information content (AvgIpc) is 2.09. The number of carbonyl (C=O) groups excluding carboxylic acids is 1. The molecule has 0 aliphatic rings. The van der Waals surface area contributed by atoms with Crippen LogP contribution in [0.15, 0.2) is 22.7 Å². The Morgan fingerprint density at radius 3 is 2.69 bits per heavy atom. The molecule has 0 aromatic heterocycles. The molecule has 0 aliphatic heterocycles. The molecule has 0 unspecified atom stereocenters. The van der Waals surface area contributed by atoms with E-state index in [1.165, 1.54) is 12.1 Å². The van der Waals surface area contributed by atoms with Crippen molar-refractivity contribution < 1.29 is 9.18 Å². The van der Waals surface area contributed by atoms with E-state index in [0.717, 1.165) is 5.56 Å². The molecule has 0 aliphatic carbocycles. The van der Waals surface area contributed by atoms with E-state index >= 15 is 0 Å². The van der Waals surface area contributed by atoms with Crippen LogP contribution in [0.2, 0.25) is 0 Å². The molecule has 0 radical (unpaired) electrons. The average molecular weight is 310 g/mol. The van der Waals surface area contributed by atoms with Crippen LogP contribution in [0.4, 0.5) is 4.39 Å². The predicted molar refractivity (Wildman–Crippen MR) is 56.6 cm³/mol. The molecule has 0 bridgehead atoms. The lowest BCUT2D eigenvalue weighted by Gasteiger charge is -2.01. The standard InChI is InChI=1S/C9H7Br2FO/c10-5-8(13)3-6-1-2-7(12)4-9(6)11/h1-2,4H,3,5H2. The van der Waals surface area contributed by atoms with Crippen LogP contribution in [0.5, 0.6) is 0 Å². The molecule has 0 saturated heterocycles. The fourth-order valence-corrected chi connectivity index (χ4v) is 1.61. The van der Waals surface area contributed by atoms with Crippen LogP contribution >= 0.6 is 31.9 Å². The van der Waals surface area contributed by atoms with E-state index in [1.807, 2.05) is 0 Å². The molecule has 0 atom stereocenters. The number of carbonyl (C=O) groups is 1. The Kier molecular flexibility index (Phi) is 4.06. The Hall–Kier alpha value is -0.220. The van der Waals surface area contributed by atoms with E-state index < -0.39 is 0 Å². The van der Waals surface area contributed by atoms with Gasteiger partial charge in [0.2, 0.25) is 0 Å². The molecule has 1 rings (SSSR count). The van der Waals surface area contributed by atoms with Crippen molar-refractivity contribution in [3.05, 3.63) is 34.1 Å². The SMILES string of the molecule is O=C(CBr)Cc1ccc(F)cc1Br. The summed E-state index contributed by atoms with van der Waals surface area (Å²) in [5.74, 6) is -0.228. The molecule has 0 amide bonds. The number of benzene rings is 1. The summed E-state index contributed by atoms with van der Waals surface area (Å²) in [7, 11) is 0. The Morgan fingerprint density at radius 1 is 1.46 bits per heavy atom. The monoisotopic (exact) mass is 308 g/mol. The Bertz CT molecular complexity index is 325. The molecule has 0 N–H and O–H groups in total. The van der Waals surface area contributed by atoms with Crippen molar-refractivity contribution in [3.8, 4) is 0 Å². The van der Waals surface area contributed by atoms with Gasteiger partial charge in [-0.3, -0.25) is 4.79 Å². The number of Topliss-reactive ketones (excluding diaryl/α,β-unsaturated/α-hetero) is 1. The van der Waals surface area contributed by atoms with Gasteiger partial charge in [0, 0.05) is 10.9 Å². The molecule has 0 heterocycles. The lowest BCUT2D eigenvalue weighted by atomic mass is 10.1. The van der Waals surface area contributed by atoms with Crippen LogP contribution < -0.4 is 0 Å². The number of alkyl halides is 1. The number of halogens is 3. The number of ketones is 1. The van der Waals surface area contributed by atoms with E-state index in [4.69, 9.17) is 0 Å². The van der Waals surface area contributed by atoms with E-state index in [2.05, 4.69) is 31.9 Å². The van der Waals surface area contributed by atoms with Crippen LogP contribution in [0.25, 0.3) is 0 Å². The second-order valence-corrected chi connectivity index (χ2v) is 4.00. The number of hydrogen-bond acceptors (Lipinski definition) is 1. The minimum absolute atomic E-state index is 0.0762. The van der Waals surface area contributed by atoms with Gasteiger partial charge in [0.25, 0.3) is 0 Å². The van der Waals surface area contributed by atoms with E-state index in [9.17, 15) is 9.18 Å². The summed E-state index contributed by atoms with van der Waals surface area (Å²) in [5.41, 5.74) is 0.811. The smallest absolute Gasteiger partial charge is 0.147 e. The quantitative estimate of drug-likeness (QED) is 0.784. The van der Waals surface area contributed by atoms with Crippen LogP contribution in [0.1, 0.15) is 5.56 Å². The zero-order chi connectivity index (χ0) is 9.84. The van der Waals surface area contributed by atoms with Crippen LogP contribution in [-0.4, -0.2) is 11.1 Å². The van der Waals surface area contributed by atoms with Gasteiger partial charge in [0.1, 0.15) is 11.6 Å². The summed E-state index contributed by atoms with van der Waals surface area (Å²) < 4.78 is 13.3. The molecule has 1 nitrogen and oxygen atoms in total. The van der Waals surface area contributed by atoms with Crippen molar-refractivity contribution >= 4 is 37.6 Å². The van der Waals surface area contributed by atoms with Gasteiger partial charge in [-0.25, -0.2) is 4.39 Å². The molecule has 0 fully saturated rings. The van der Waals surface area contributed by atoms with E-state index in [0.29, 0.717) is 16.2 Å². The van der Waals surface area contributed by atoms with Gasteiger partial charge in [-0.05, 0) is 17.7 Å². The van der Waals surface area contributed by atoms with Gasteiger partial charge in [0.05, 0.1) is 5.33 Å². The second-order valence-electron chi connectivity index (χ2n) is 2.58. The third kappa shape index (κ3) is 3.19. The molecular formula is C9H7Br2FO. The molecule has 70 valence electrons. The molecule has 4 heteroatoms. The summed E-state index contributed by atoms with van der Waals surface area (Å²) >= 11 is 6.27. The van der Waals surface area contributed by atoms with Crippen molar-refractivity contribution in [2.45, 2.75) is 6.42 Å². The first kappa shape index (κ1) is 10.9. The maximum absolute atomic E-state index is 12.6. The minimum Gasteiger partial charge on any atom is -0.298 e. The first-order chi connectivity index (χ1) is 6.13. The summed E-state index contributed by atoms with van der Waals surface area (Å²) in [4.78, 5) is 11.1. The van der Waals surface area contributed by atoms with Crippen molar-refractivity contribution in [1.29, 1.82) is 0 Å². The van der Waals surface area contributed by atoms with Gasteiger partial charge in [-0.15, -0.1) is 0 Å². The summed E-state index contributed by atoms with van der Waals surface area (Å²) in [5, 5.41) is 0.330. The third-order valence-corrected chi connectivity index (χ3v) is 2.92. The Labute approximate surface area is 92.6 Å². The van der Waals surface area contributed by atoms with Crippen molar-refractivity contribution in [2.24, 2.45) is 0 Å². The number of hydrogen-bond donors (Lipinski definition) is 0. The highest BCUT2D eigenvalue weighted by Gasteiger charge is 2.05. The minimum atomic E-state index is -0.304. The molecular weight excluding hydrogens is 303 g/mol. The highest BCUT2D eigenvalue weighted by atomic mass is 79.9. The third-order valence-electron chi connectivity index (χ3n) is 1.55. The fourth-order valence-electron chi connectivity index (χ4n) is 0.925. The van der Waals surface area contributed by atoms with Gasteiger partial charge in [0.15, 0.2) is 0 Å². The molecule has 1 aromatic rings. The first-order valence-electron chi connectivity index (χ1n) is 3.65. The summed E-state index contributed by atoms with van der Waals surface area (Å²) in [6.07, 6.45) is 0.326. The van der Waals surface area contributed by atoms with Crippen LogP contribution in [0.3, 0.4) is 0 Å². The Morgan fingerprint density at radius 2 is 2.15 bits per heavy atom. The molecule has 0 saturated carbocycles. The van der Waals surface area contributed by atoms with E-state index in [-0.39, 0.29) is 11.6 Å². The van der Waals surface area contributed by atoms with Crippen LogP contribution in [-0.2, 0) is 11.2 Å². The number of rotatable bonds is 3. The normalized spacial score (nSPS) is 10.1. The maximum Gasteiger partial charge on any atom is 0.147 e. The van der Waals surface area contributed by atoms with Crippen molar-refractivity contribution in [2.75, 3.05) is 5.33 Å². The largest absolute Gasteiger partial charge is 0.298 e. The zero-order valence-corrected chi connectivity index (χ0v) is 9.86. The predicted octanol–water partition coefficient (Wildman–Crippen LogP) is 3.09. The summed E-state index contributed by atoms with van der Waals surface area (Å²) in [6.45, 7) is 0. The van der Waals surface area contributed by atoms with E-state index in [1.54, 1.807) is 6.07 Å². The fraction of sp³-hybridized carbons (Fsp3) is 0.222. The molecule has 13 heavy (non-hydrogen) atoms. The highest BCUT2D eigenvalue weighted by molar-refractivity contribution is 9.10. The second kappa shape index (κ2) is 4.86. The van der Waals surface area contributed by atoms with Crippen molar-refractivity contribution in [3.63, 3.8) is 0 Å². The lowest BCUT2D eigenvalue weighted by molar-refractivity contribution is -0.115. The van der Waals surface area contributed by atoms with Gasteiger partial charge in [-0.2, -0.15) is 0 Å². The molecule has 0 spiro atoms. The van der Waals surface area contributed by atoms with Gasteiger partial charge >= 0.3 is 0 Å². The lowest BCUT2D eigenvalue weighted by Crippen LogP contribution is -2.04. The zero-order valence-electron chi connectivity index (χ0n) is 6.69. The Balaban J connectivity index is 2.83. The highest BCUT2D eigenvalue weighted by Crippen LogP contribution is 2.18. The van der Waals surface area contributed by atoms with Crippen molar-refractivity contribution in [1.82, 2.24) is 0 Å². The first-order valence-corrected chi connectivity index (χ1v) is 5.56. The molecule has 1 aromatic carbocycles. The van der Waals surface area contributed by atoms with Crippen LogP contribution in [0, 0.1) is 5.82 Å².